The lowest BCUT2D eigenvalue weighted by Crippen LogP contribution is -2.35. The molecule has 0 unspecified atom stereocenters. The Labute approximate surface area is 99.5 Å². The average molecular weight is 265 g/mol. The molecule has 0 spiro atoms. The SMILES string of the molecule is C[C@H](CO)NS(=O)(=O)Cc1ccc(Cl)nc1. The van der Waals surface area contributed by atoms with Crippen LogP contribution in [0.1, 0.15) is 12.5 Å². The third-order valence-corrected chi connectivity index (χ3v) is 3.50. The van der Waals surface area contributed by atoms with E-state index in [2.05, 4.69) is 9.71 Å². The molecule has 0 saturated heterocycles. The highest BCUT2D eigenvalue weighted by atomic mass is 35.5. The predicted molar refractivity (Wildman–Crippen MR) is 61.6 cm³/mol. The van der Waals surface area contributed by atoms with E-state index in [4.69, 9.17) is 16.7 Å². The van der Waals surface area contributed by atoms with Crippen LogP contribution in [-0.4, -0.2) is 31.2 Å². The zero-order valence-electron chi connectivity index (χ0n) is 8.72. The van der Waals surface area contributed by atoms with Gasteiger partial charge in [-0.3, -0.25) is 0 Å². The average Bonchev–Trinajstić information content (AvgIpc) is 2.20. The highest BCUT2D eigenvalue weighted by molar-refractivity contribution is 7.88. The summed E-state index contributed by atoms with van der Waals surface area (Å²) in [7, 11) is -3.45. The number of nitrogens with one attached hydrogen (secondary N) is 1. The molecule has 1 aromatic rings. The van der Waals surface area contributed by atoms with Gasteiger partial charge in [-0.15, -0.1) is 0 Å². The van der Waals surface area contributed by atoms with Gasteiger partial charge in [-0.2, -0.15) is 0 Å². The van der Waals surface area contributed by atoms with Gasteiger partial charge in [-0.05, 0) is 18.6 Å². The molecule has 0 fully saturated rings. The summed E-state index contributed by atoms with van der Waals surface area (Å²) >= 11 is 5.58. The summed E-state index contributed by atoms with van der Waals surface area (Å²) < 4.78 is 25.5. The maximum absolute atomic E-state index is 11.6. The number of aliphatic hydroxyl groups excluding tert-OH is 1. The number of hydrogen-bond donors (Lipinski definition) is 2. The Morgan fingerprint density at radius 2 is 2.25 bits per heavy atom. The third-order valence-electron chi connectivity index (χ3n) is 1.80. The topological polar surface area (TPSA) is 79.3 Å². The smallest absolute Gasteiger partial charge is 0.216 e. The molecule has 1 atom stereocenters. The molecule has 1 rings (SSSR count). The quantitative estimate of drug-likeness (QED) is 0.761. The zero-order valence-corrected chi connectivity index (χ0v) is 10.3. The molecule has 90 valence electrons. The summed E-state index contributed by atoms with van der Waals surface area (Å²) in [6.07, 6.45) is 1.41. The molecular weight excluding hydrogens is 252 g/mol. The molecule has 1 aromatic heterocycles. The lowest BCUT2D eigenvalue weighted by molar-refractivity contribution is 0.265. The van der Waals surface area contributed by atoms with Crippen LogP contribution in [0.3, 0.4) is 0 Å². The fourth-order valence-electron chi connectivity index (χ4n) is 1.10. The van der Waals surface area contributed by atoms with E-state index in [9.17, 15) is 8.42 Å². The highest BCUT2D eigenvalue weighted by Gasteiger charge is 2.14. The van der Waals surface area contributed by atoms with Gasteiger partial charge in [-0.1, -0.05) is 17.7 Å². The fraction of sp³-hybridized carbons (Fsp3) is 0.444. The minimum absolute atomic E-state index is 0.179. The van der Waals surface area contributed by atoms with E-state index in [0.717, 1.165) is 0 Å². The van der Waals surface area contributed by atoms with E-state index < -0.39 is 16.1 Å². The van der Waals surface area contributed by atoms with Crippen LogP contribution in [-0.2, 0) is 15.8 Å². The van der Waals surface area contributed by atoms with Gasteiger partial charge in [-0.25, -0.2) is 18.1 Å². The van der Waals surface area contributed by atoms with Crippen molar-refractivity contribution in [3.63, 3.8) is 0 Å². The van der Waals surface area contributed by atoms with Gasteiger partial charge in [0.1, 0.15) is 5.15 Å². The van der Waals surface area contributed by atoms with Crippen LogP contribution >= 0.6 is 11.6 Å². The van der Waals surface area contributed by atoms with E-state index in [1.54, 1.807) is 13.0 Å². The summed E-state index contributed by atoms with van der Waals surface area (Å²) in [5.74, 6) is -0.179. The third kappa shape index (κ3) is 4.44. The summed E-state index contributed by atoms with van der Waals surface area (Å²) in [6, 6.07) is 2.63. The van der Waals surface area contributed by atoms with Gasteiger partial charge in [0, 0.05) is 12.2 Å². The lowest BCUT2D eigenvalue weighted by atomic mass is 10.3. The molecule has 0 amide bonds. The summed E-state index contributed by atoms with van der Waals surface area (Å²) in [5, 5.41) is 9.06. The standard InChI is InChI=1S/C9H13ClN2O3S/c1-7(5-13)12-16(14,15)6-8-2-3-9(10)11-4-8/h2-4,7,12-13H,5-6H2,1H3/t7-/m1/s1. The maximum atomic E-state index is 11.6. The molecule has 0 saturated carbocycles. The van der Waals surface area contributed by atoms with Crippen molar-refractivity contribution in [3.05, 3.63) is 29.0 Å². The molecule has 0 aliphatic heterocycles. The second kappa shape index (κ2) is 5.58. The molecule has 0 aliphatic rings. The number of pyridine rings is 1. The zero-order chi connectivity index (χ0) is 12.2. The summed E-state index contributed by atoms with van der Waals surface area (Å²) in [6.45, 7) is 1.34. The largest absolute Gasteiger partial charge is 0.395 e. The first-order chi connectivity index (χ1) is 7.43. The van der Waals surface area contributed by atoms with Crippen molar-refractivity contribution in [1.29, 1.82) is 0 Å². The van der Waals surface area contributed by atoms with Crippen LogP contribution in [0.15, 0.2) is 18.3 Å². The van der Waals surface area contributed by atoms with Crippen molar-refractivity contribution in [3.8, 4) is 0 Å². The minimum Gasteiger partial charge on any atom is -0.395 e. The van der Waals surface area contributed by atoms with E-state index in [1.165, 1.54) is 12.3 Å². The Bertz CT molecular complexity index is 433. The number of hydrogen-bond acceptors (Lipinski definition) is 4. The number of halogens is 1. The van der Waals surface area contributed by atoms with Crippen molar-refractivity contribution in [2.45, 2.75) is 18.7 Å². The van der Waals surface area contributed by atoms with Gasteiger partial charge < -0.3 is 5.11 Å². The molecule has 2 N–H and O–H groups in total. The number of aliphatic hydroxyl groups is 1. The van der Waals surface area contributed by atoms with Gasteiger partial charge in [0.05, 0.1) is 12.4 Å². The Hall–Kier alpha value is -0.690. The molecule has 1 heterocycles. The molecular formula is C9H13ClN2O3S. The Kier molecular flexibility index (Phi) is 4.67. The van der Waals surface area contributed by atoms with E-state index in [1.807, 2.05) is 0 Å². The van der Waals surface area contributed by atoms with Crippen molar-refractivity contribution >= 4 is 21.6 Å². The first-order valence-corrected chi connectivity index (χ1v) is 6.67. The number of sulfonamides is 1. The second-order valence-electron chi connectivity index (χ2n) is 3.45. The predicted octanol–water partition coefficient (Wildman–Crippen LogP) is 0.535. The van der Waals surface area contributed by atoms with Crippen molar-refractivity contribution in [2.75, 3.05) is 6.61 Å². The first kappa shape index (κ1) is 13.4. The van der Waals surface area contributed by atoms with E-state index in [-0.39, 0.29) is 12.4 Å². The number of nitrogens with zero attached hydrogens (tertiary/aromatic N) is 1. The number of rotatable bonds is 5. The normalized spacial score (nSPS) is 13.7. The van der Waals surface area contributed by atoms with Crippen LogP contribution in [0.5, 0.6) is 0 Å². The Balaban J connectivity index is 2.69. The monoisotopic (exact) mass is 264 g/mol. The van der Waals surface area contributed by atoms with Gasteiger partial charge in [0.15, 0.2) is 0 Å². The van der Waals surface area contributed by atoms with Crippen LogP contribution in [0.2, 0.25) is 5.15 Å². The van der Waals surface area contributed by atoms with E-state index in [0.29, 0.717) is 10.7 Å². The van der Waals surface area contributed by atoms with Crippen LogP contribution < -0.4 is 4.72 Å². The molecule has 0 aliphatic carbocycles. The summed E-state index contributed by atoms with van der Waals surface area (Å²) in [5.41, 5.74) is 0.544. The number of aromatic nitrogens is 1. The molecule has 16 heavy (non-hydrogen) atoms. The van der Waals surface area contributed by atoms with Gasteiger partial charge in [0.2, 0.25) is 10.0 Å². The van der Waals surface area contributed by atoms with Crippen LogP contribution in [0.4, 0.5) is 0 Å². The maximum Gasteiger partial charge on any atom is 0.216 e. The fourth-order valence-corrected chi connectivity index (χ4v) is 2.59. The van der Waals surface area contributed by atoms with Crippen molar-refractivity contribution in [1.82, 2.24) is 9.71 Å². The Morgan fingerprint density at radius 1 is 1.56 bits per heavy atom. The molecule has 7 heteroatoms. The molecule has 0 aromatic carbocycles. The molecule has 0 bridgehead atoms. The van der Waals surface area contributed by atoms with Gasteiger partial charge >= 0.3 is 0 Å². The minimum atomic E-state index is -3.45. The second-order valence-corrected chi connectivity index (χ2v) is 5.59. The molecule has 0 radical (unpaired) electrons. The molecule has 5 nitrogen and oxygen atoms in total. The summed E-state index contributed by atoms with van der Waals surface area (Å²) in [4.78, 5) is 3.79. The van der Waals surface area contributed by atoms with Gasteiger partial charge in [0.25, 0.3) is 0 Å². The lowest BCUT2D eigenvalue weighted by Gasteiger charge is -2.11. The van der Waals surface area contributed by atoms with E-state index >= 15 is 0 Å². The Morgan fingerprint density at radius 3 is 2.75 bits per heavy atom. The highest BCUT2D eigenvalue weighted by Crippen LogP contribution is 2.08. The van der Waals surface area contributed by atoms with Crippen LogP contribution in [0, 0.1) is 0 Å². The van der Waals surface area contributed by atoms with Crippen LogP contribution in [0.25, 0.3) is 0 Å². The van der Waals surface area contributed by atoms with Crippen molar-refractivity contribution in [2.24, 2.45) is 0 Å². The van der Waals surface area contributed by atoms with Crippen molar-refractivity contribution < 1.29 is 13.5 Å². The first-order valence-electron chi connectivity index (χ1n) is 4.64.